The Bertz CT molecular complexity index is 946. The predicted molar refractivity (Wildman–Crippen MR) is 122 cm³/mol. The Morgan fingerprint density at radius 2 is 1.67 bits per heavy atom. The summed E-state index contributed by atoms with van der Waals surface area (Å²) in [6.07, 6.45) is 1.94. The van der Waals surface area contributed by atoms with E-state index in [1.54, 1.807) is 4.90 Å². The monoisotopic (exact) mass is 400 g/mol. The molecule has 0 amide bonds. The fraction of sp³-hybridized carbons (Fsp3) is 0.269. The molecule has 1 heterocycles. The number of ether oxygens (including phenoxy) is 1. The molecule has 0 radical (unpaired) electrons. The minimum Gasteiger partial charge on any atom is -0.489 e. The van der Waals surface area contributed by atoms with Crippen LogP contribution in [0.25, 0.3) is 0 Å². The van der Waals surface area contributed by atoms with Gasteiger partial charge in [0.1, 0.15) is 18.9 Å². The van der Waals surface area contributed by atoms with Gasteiger partial charge in [-0.3, -0.25) is 5.01 Å². The van der Waals surface area contributed by atoms with Gasteiger partial charge in [-0.25, -0.2) is 0 Å². The van der Waals surface area contributed by atoms with Gasteiger partial charge >= 0.3 is 0 Å². The highest BCUT2D eigenvalue weighted by atomic mass is 16.5. The molecule has 0 unspecified atom stereocenters. The summed E-state index contributed by atoms with van der Waals surface area (Å²) in [4.78, 5) is 1.63. The molecule has 1 N–H and O–H groups in total. The molecule has 0 spiro atoms. The van der Waals surface area contributed by atoms with Crippen LogP contribution in [-0.4, -0.2) is 37.4 Å². The minimum absolute atomic E-state index is 0.577. The van der Waals surface area contributed by atoms with Crippen LogP contribution in [0.3, 0.4) is 0 Å². The third kappa shape index (κ3) is 5.94. The van der Waals surface area contributed by atoms with E-state index < -0.39 is 0 Å². The molecule has 0 bridgehead atoms. The second kappa shape index (κ2) is 10.1. The molecule has 154 valence electrons. The van der Waals surface area contributed by atoms with Gasteiger partial charge in [0.05, 0.1) is 32.4 Å². The zero-order chi connectivity index (χ0) is 20.6. The first kappa shape index (κ1) is 20.2. The summed E-state index contributed by atoms with van der Waals surface area (Å²) in [5, 5.41) is 6.88. The van der Waals surface area contributed by atoms with Crippen LogP contribution < -0.4 is 9.64 Å². The van der Waals surface area contributed by atoms with Crippen LogP contribution in [0.2, 0.25) is 0 Å². The van der Waals surface area contributed by atoms with Crippen LogP contribution in [0.4, 0.5) is 0 Å². The standard InChI is InChI=1S/C26H29N3O/c1-22-10-12-23(13-11-22)20-28-14-16-29(17-15-28)27-19-25-8-5-9-26(18-25)30-21-24-6-3-2-4-7-24/h2-13,18-19H,14-17,20-21H2,1H3/p+1. The van der Waals surface area contributed by atoms with Crippen molar-refractivity contribution >= 4 is 6.21 Å². The lowest BCUT2D eigenvalue weighted by atomic mass is 10.1. The summed E-state index contributed by atoms with van der Waals surface area (Å²) in [6.45, 7) is 8.02. The predicted octanol–water partition coefficient (Wildman–Crippen LogP) is 3.31. The Morgan fingerprint density at radius 3 is 2.43 bits per heavy atom. The van der Waals surface area contributed by atoms with Crippen molar-refractivity contribution in [3.63, 3.8) is 0 Å². The summed E-state index contributed by atoms with van der Waals surface area (Å²) in [5.74, 6) is 0.871. The Labute approximate surface area is 179 Å². The van der Waals surface area contributed by atoms with Crippen LogP contribution >= 0.6 is 0 Å². The summed E-state index contributed by atoms with van der Waals surface area (Å²) < 4.78 is 5.92. The number of rotatable bonds is 7. The van der Waals surface area contributed by atoms with E-state index >= 15 is 0 Å². The van der Waals surface area contributed by atoms with E-state index in [0.717, 1.165) is 44.0 Å². The van der Waals surface area contributed by atoms with E-state index in [9.17, 15) is 0 Å². The molecular weight excluding hydrogens is 370 g/mol. The number of aryl methyl sites for hydroxylation is 1. The van der Waals surface area contributed by atoms with Crippen LogP contribution in [0.1, 0.15) is 22.3 Å². The summed E-state index contributed by atoms with van der Waals surface area (Å²) in [6, 6.07) is 27.3. The van der Waals surface area contributed by atoms with Gasteiger partial charge in [0.15, 0.2) is 0 Å². The Morgan fingerprint density at radius 1 is 0.900 bits per heavy atom. The maximum absolute atomic E-state index is 5.92. The maximum atomic E-state index is 5.92. The summed E-state index contributed by atoms with van der Waals surface area (Å²) in [7, 11) is 0. The SMILES string of the molecule is Cc1ccc(C[NH+]2CCN(N=Cc3cccc(OCc4ccccc4)c3)CC2)cc1. The number of hydrazone groups is 1. The zero-order valence-corrected chi connectivity index (χ0v) is 17.6. The number of quaternary nitrogens is 1. The highest BCUT2D eigenvalue weighted by Gasteiger charge is 2.18. The molecule has 1 saturated heterocycles. The van der Waals surface area contributed by atoms with Crippen LogP contribution in [0.15, 0.2) is 84.0 Å². The molecule has 1 fully saturated rings. The molecule has 3 aromatic carbocycles. The second-order valence-corrected chi connectivity index (χ2v) is 7.96. The number of benzene rings is 3. The molecule has 1 aliphatic heterocycles. The molecule has 0 atom stereocenters. The molecular formula is C26H30N3O+. The van der Waals surface area contributed by atoms with Gasteiger partial charge in [-0.05, 0) is 30.2 Å². The molecule has 0 aromatic heterocycles. The smallest absolute Gasteiger partial charge is 0.120 e. The molecule has 30 heavy (non-hydrogen) atoms. The number of nitrogens with one attached hydrogen (secondary N) is 1. The molecule has 0 aliphatic carbocycles. The molecule has 4 rings (SSSR count). The molecule has 4 heteroatoms. The fourth-order valence-electron chi connectivity index (χ4n) is 3.67. The van der Waals surface area contributed by atoms with Crippen molar-refractivity contribution in [3.05, 3.63) is 101 Å². The Kier molecular flexibility index (Phi) is 6.78. The van der Waals surface area contributed by atoms with E-state index in [0.29, 0.717) is 6.61 Å². The van der Waals surface area contributed by atoms with Crippen LogP contribution in [-0.2, 0) is 13.2 Å². The summed E-state index contributed by atoms with van der Waals surface area (Å²) >= 11 is 0. The van der Waals surface area contributed by atoms with E-state index in [-0.39, 0.29) is 0 Å². The quantitative estimate of drug-likeness (QED) is 0.617. The lowest BCUT2D eigenvalue weighted by molar-refractivity contribution is -0.918. The van der Waals surface area contributed by atoms with E-state index in [2.05, 4.69) is 54.4 Å². The van der Waals surface area contributed by atoms with Crippen molar-refractivity contribution in [1.29, 1.82) is 0 Å². The van der Waals surface area contributed by atoms with E-state index in [4.69, 9.17) is 9.84 Å². The average Bonchev–Trinajstić information content (AvgIpc) is 2.80. The van der Waals surface area contributed by atoms with E-state index in [1.165, 1.54) is 16.7 Å². The van der Waals surface area contributed by atoms with Crippen molar-refractivity contribution in [2.75, 3.05) is 26.2 Å². The first-order valence-corrected chi connectivity index (χ1v) is 10.7. The largest absolute Gasteiger partial charge is 0.489 e. The van der Waals surface area contributed by atoms with Gasteiger partial charge in [0.2, 0.25) is 0 Å². The molecule has 0 saturated carbocycles. The van der Waals surface area contributed by atoms with Crippen molar-refractivity contribution < 1.29 is 9.64 Å². The van der Waals surface area contributed by atoms with Gasteiger partial charge in [0, 0.05) is 5.56 Å². The minimum atomic E-state index is 0.577. The van der Waals surface area contributed by atoms with Crippen molar-refractivity contribution in [3.8, 4) is 5.75 Å². The highest BCUT2D eigenvalue weighted by Crippen LogP contribution is 2.14. The Hall–Kier alpha value is -3.11. The van der Waals surface area contributed by atoms with Crippen LogP contribution in [0, 0.1) is 6.92 Å². The fourth-order valence-corrected chi connectivity index (χ4v) is 3.67. The lowest BCUT2D eigenvalue weighted by Gasteiger charge is -2.30. The summed E-state index contributed by atoms with van der Waals surface area (Å²) in [5.41, 5.74) is 4.97. The van der Waals surface area contributed by atoms with Crippen molar-refractivity contribution in [1.82, 2.24) is 5.01 Å². The number of hydrogen-bond acceptors (Lipinski definition) is 3. The van der Waals surface area contributed by atoms with Gasteiger partial charge in [0.25, 0.3) is 0 Å². The van der Waals surface area contributed by atoms with Gasteiger partial charge < -0.3 is 9.64 Å². The highest BCUT2D eigenvalue weighted by molar-refractivity contribution is 5.79. The van der Waals surface area contributed by atoms with E-state index in [1.807, 2.05) is 42.6 Å². The average molecular weight is 401 g/mol. The lowest BCUT2D eigenvalue weighted by Crippen LogP contribution is -3.13. The first-order chi connectivity index (χ1) is 14.7. The third-order valence-corrected chi connectivity index (χ3v) is 5.50. The maximum Gasteiger partial charge on any atom is 0.120 e. The number of nitrogens with zero attached hydrogens (tertiary/aromatic N) is 2. The zero-order valence-electron chi connectivity index (χ0n) is 17.6. The number of piperazine rings is 1. The molecule has 4 nitrogen and oxygen atoms in total. The Balaban J connectivity index is 1.25. The second-order valence-electron chi connectivity index (χ2n) is 7.96. The topological polar surface area (TPSA) is 29.3 Å². The number of hydrogen-bond donors (Lipinski definition) is 1. The van der Waals surface area contributed by atoms with Gasteiger partial charge in [-0.1, -0.05) is 72.3 Å². The third-order valence-electron chi connectivity index (χ3n) is 5.50. The van der Waals surface area contributed by atoms with Crippen molar-refractivity contribution in [2.45, 2.75) is 20.1 Å². The van der Waals surface area contributed by atoms with Gasteiger partial charge in [-0.15, -0.1) is 0 Å². The molecule has 3 aromatic rings. The normalized spacial score (nSPS) is 14.9. The van der Waals surface area contributed by atoms with Gasteiger partial charge in [-0.2, -0.15) is 5.10 Å². The first-order valence-electron chi connectivity index (χ1n) is 10.7. The van der Waals surface area contributed by atoms with Crippen molar-refractivity contribution in [2.24, 2.45) is 5.10 Å². The van der Waals surface area contributed by atoms with Crippen LogP contribution in [0.5, 0.6) is 5.75 Å². The molecule has 1 aliphatic rings.